The minimum Gasteiger partial charge on any atom is -0.376 e. The molecular formula is C16H23BrN2O. The van der Waals surface area contributed by atoms with Crippen LogP contribution in [0.25, 0.3) is 0 Å². The third kappa shape index (κ3) is 4.82. The molecule has 3 nitrogen and oxygen atoms in total. The van der Waals surface area contributed by atoms with Crippen LogP contribution in [-0.2, 0) is 4.79 Å². The predicted octanol–water partition coefficient (Wildman–Crippen LogP) is 4.01. The molecule has 0 bridgehead atoms. The van der Waals surface area contributed by atoms with E-state index in [0.29, 0.717) is 12.6 Å². The molecule has 0 heterocycles. The molecule has 0 saturated heterocycles. The summed E-state index contributed by atoms with van der Waals surface area (Å²) in [6, 6.07) is 6.42. The fourth-order valence-electron chi connectivity index (χ4n) is 2.66. The van der Waals surface area contributed by atoms with Crippen LogP contribution < -0.4 is 10.6 Å². The lowest BCUT2D eigenvalue weighted by molar-refractivity contribution is -0.120. The van der Waals surface area contributed by atoms with Crippen molar-refractivity contribution in [1.29, 1.82) is 0 Å². The second-order valence-electron chi connectivity index (χ2n) is 5.57. The van der Waals surface area contributed by atoms with Crippen molar-refractivity contribution in [2.75, 3.05) is 11.9 Å². The van der Waals surface area contributed by atoms with Gasteiger partial charge in [-0.15, -0.1) is 0 Å². The number of carbonyl (C=O) groups excluding carboxylic acids is 1. The third-order valence-corrected chi connectivity index (χ3v) is 4.35. The Kier molecular flexibility index (Phi) is 5.89. The molecule has 0 aliphatic heterocycles. The molecule has 1 saturated carbocycles. The number of carbonyl (C=O) groups is 1. The predicted molar refractivity (Wildman–Crippen MR) is 87.0 cm³/mol. The molecule has 4 heteroatoms. The Hall–Kier alpha value is -1.03. The van der Waals surface area contributed by atoms with Crippen molar-refractivity contribution in [1.82, 2.24) is 5.32 Å². The molecule has 2 rings (SSSR count). The zero-order chi connectivity index (χ0) is 14.4. The van der Waals surface area contributed by atoms with E-state index >= 15 is 0 Å². The molecule has 0 radical (unpaired) electrons. The maximum absolute atomic E-state index is 12.0. The Morgan fingerprint density at radius 2 is 1.95 bits per heavy atom. The van der Waals surface area contributed by atoms with E-state index in [-0.39, 0.29) is 5.91 Å². The smallest absolute Gasteiger partial charge is 0.239 e. The highest BCUT2D eigenvalue weighted by molar-refractivity contribution is 9.10. The van der Waals surface area contributed by atoms with Gasteiger partial charge in [0.15, 0.2) is 0 Å². The average Bonchev–Trinajstić information content (AvgIpc) is 2.68. The van der Waals surface area contributed by atoms with E-state index in [1.165, 1.54) is 25.7 Å². The molecule has 0 spiro atoms. The van der Waals surface area contributed by atoms with Crippen LogP contribution in [0.5, 0.6) is 0 Å². The summed E-state index contributed by atoms with van der Waals surface area (Å²) in [6.45, 7) is 2.38. The first-order valence-electron chi connectivity index (χ1n) is 7.44. The number of halogens is 1. The van der Waals surface area contributed by atoms with E-state index in [1.807, 2.05) is 25.1 Å². The molecule has 0 aromatic heterocycles. The van der Waals surface area contributed by atoms with E-state index < -0.39 is 0 Å². The van der Waals surface area contributed by atoms with Crippen molar-refractivity contribution in [3.8, 4) is 0 Å². The molecule has 2 N–H and O–H groups in total. The largest absolute Gasteiger partial charge is 0.376 e. The maximum Gasteiger partial charge on any atom is 0.239 e. The van der Waals surface area contributed by atoms with Crippen LogP contribution in [0.15, 0.2) is 22.7 Å². The number of nitrogens with one attached hydrogen (secondary N) is 2. The van der Waals surface area contributed by atoms with Crippen molar-refractivity contribution in [3.63, 3.8) is 0 Å². The SMILES string of the molecule is Cc1ccc(Br)cc1NCC(=O)NC1CCCCCC1. The van der Waals surface area contributed by atoms with Crippen LogP contribution in [-0.4, -0.2) is 18.5 Å². The lowest BCUT2D eigenvalue weighted by atomic mass is 10.1. The van der Waals surface area contributed by atoms with Crippen LogP contribution in [0.1, 0.15) is 44.1 Å². The van der Waals surface area contributed by atoms with Gasteiger partial charge in [0.25, 0.3) is 0 Å². The Labute approximate surface area is 129 Å². The van der Waals surface area contributed by atoms with Crippen LogP contribution >= 0.6 is 15.9 Å². The molecule has 0 atom stereocenters. The van der Waals surface area contributed by atoms with Gasteiger partial charge < -0.3 is 10.6 Å². The molecule has 1 fully saturated rings. The number of rotatable bonds is 4. The van der Waals surface area contributed by atoms with E-state index in [0.717, 1.165) is 28.6 Å². The highest BCUT2D eigenvalue weighted by Gasteiger charge is 2.14. The monoisotopic (exact) mass is 338 g/mol. The van der Waals surface area contributed by atoms with E-state index in [4.69, 9.17) is 0 Å². The topological polar surface area (TPSA) is 41.1 Å². The van der Waals surface area contributed by atoms with Gasteiger partial charge in [0.2, 0.25) is 5.91 Å². The molecule has 1 aliphatic carbocycles. The van der Waals surface area contributed by atoms with Gasteiger partial charge in [-0.2, -0.15) is 0 Å². The van der Waals surface area contributed by atoms with Crippen LogP contribution in [0.3, 0.4) is 0 Å². The molecule has 0 unspecified atom stereocenters. The standard InChI is InChI=1S/C16H23BrN2O/c1-12-8-9-13(17)10-15(12)18-11-16(20)19-14-6-4-2-3-5-7-14/h8-10,14,18H,2-7,11H2,1H3,(H,19,20). The zero-order valence-corrected chi connectivity index (χ0v) is 13.6. The molecule has 20 heavy (non-hydrogen) atoms. The van der Waals surface area contributed by atoms with E-state index in [9.17, 15) is 4.79 Å². The Balaban J connectivity index is 1.81. The first-order valence-corrected chi connectivity index (χ1v) is 8.24. The maximum atomic E-state index is 12.0. The zero-order valence-electron chi connectivity index (χ0n) is 12.0. The highest BCUT2D eigenvalue weighted by Crippen LogP contribution is 2.20. The average molecular weight is 339 g/mol. The van der Waals surface area contributed by atoms with Crippen LogP contribution in [0.4, 0.5) is 5.69 Å². The summed E-state index contributed by atoms with van der Waals surface area (Å²) in [5.74, 6) is 0.0938. The number of anilines is 1. The Morgan fingerprint density at radius 3 is 2.65 bits per heavy atom. The summed E-state index contributed by atoms with van der Waals surface area (Å²) in [5, 5.41) is 6.37. The number of aryl methyl sites for hydroxylation is 1. The summed E-state index contributed by atoms with van der Waals surface area (Å²) >= 11 is 3.45. The molecule has 1 aliphatic rings. The first-order chi connectivity index (χ1) is 9.65. The van der Waals surface area contributed by atoms with Gasteiger partial charge in [0, 0.05) is 16.2 Å². The quantitative estimate of drug-likeness (QED) is 0.814. The van der Waals surface area contributed by atoms with E-state index in [2.05, 4.69) is 26.6 Å². The summed E-state index contributed by atoms with van der Waals surface area (Å²) in [6.07, 6.45) is 7.35. The van der Waals surface area contributed by atoms with Gasteiger partial charge in [-0.3, -0.25) is 4.79 Å². The number of hydrogen-bond donors (Lipinski definition) is 2. The Morgan fingerprint density at radius 1 is 1.25 bits per heavy atom. The molecule has 110 valence electrons. The van der Waals surface area contributed by atoms with Crippen molar-refractivity contribution in [2.24, 2.45) is 0 Å². The second kappa shape index (κ2) is 7.67. The third-order valence-electron chi connectivity index (χ3n) is 3.86. The second-order valence-corrected chi connectivity index (χ2v) is 6.48. The van der Waals surface area contributed by atoms with E-state index in [1.54, 1.807) is 0 Å². The Bertz CT molecular complexity index is 454. The van der Waals surface area contributed by atoms with Crippen molar-refractivity contribution >= 4 is 27.5 Å². The van der Waals surface area contributed by atoms with Gasteiger partial charge in [-0.05, 0) is 37.5 Å². The molecule has 1 aromatic rings. The number of amides is 1. The van der Waals surface area contributed by atoms with Gasteiger partial charge in [0.1, 0.15) is 0 Å². The first kappa shape index (κ1) is 15.4. The highest BCUT2D eigenvalue weighted by atomic mass is 79.9. The molecular weight excluding hydrogens is 316 g/mol. The number of benzene rings is 1. The normalized spacial score (nSPS) is 16.5. The van der Waals surface area contributed by atoms with Crippen LogP contribution in [0, 0.1) is 6.92 Å². The molecule has 1 amide bonds. The van der Waals surface area contributed by atoms with Crippen molar-refractivity contribution < 1.29 is 4.79 Å². The minimum absolute atomic E-state index is 0.0938. The lowest BCUT2D eigenvalue weighted by Crippen LogP contribution is -2.38. The van der Waals surface area contributed by atoms with Crippen molar-refractivity contribution in [3.05, 3.63) is 28.2 Å². The summed E-state index contributed by atoms with van der Waals surface area (Å²) < 4.78 is 1.02. The fourth-order valence-corrected chi connectivity index (χ4v) is 3.02. The van der Waals surface area contributed by atoms with Crippen LogP contribution in [0.2, 0.25) is 0 Å². The van der Waals surface area contributed by atoms with Gasteiger partial charge in [-0.1, -0.05) is 47.7 Å². The van der Waals surface area contributed by atoms with Crippen molar-refractivity contribution in [2.45, 2.75) is 51.5 Å². The molecule has 1 aromatic carbocycles. The number of hydrogen-bond acceptors (Lipinski definition) is 2. The summed E-state index contributed by atoms with van der Waals surface area (Å²) in [5.41, 5.74) is 2.16. The summed E-state index contributed by atoms with van der Waals surface area (Å²) in [4.78, 5) is 12.0. The summed E-state index contributed by atoms with van der Waals surface area (Å²) in [7, 11) is 0. The van der Waals surface area contributed by atoms with Gasteiger partial charge >= 0.3 is 0 Å². The lowest BCUT2D eigenvalue weighted by Gasteiger charge is -2.17. The minimum atomic E-state index is 0.0938. The fraction of sp³-hybridized carbons (Fsp3) is 0.562. The van der Waals surface area contributed by atoms with Gasteiger partial charge in [0.05, 0.1) is 6.54 Å². The van der Waals surface area contributed by atoms with Gasteiger partial charge in [-0.25, -0.2) is 0 Å².